The van der Waals surface area contributed by atoms with E-state index >= 15 is 0 Å². The molecule has 100 valence electrons. The Morgan fingerprint density at radius 3 is 2.75 bits per heavy atom. The standard InChI is InChI=1S/C12H4BrClN2O2S2/c13-6-2-1-5(19-6)7-8-9(17)4(3-15)11(18)16-12(8)20-10(7)14/h1-2H,(H2,16,17,18). The van der Waals surface area contributed by atoms with Crippen LogP contribution in [-0.4, -0.2) is 10.1 Å². The van der Waals surface area contributed by atoms with Crippen molar-refractivity contribution in [2.75, 3.05) is 0 Å². The molecule has 20 heavy (non-hydrogen) atoms. The van der Waals surface area contributed by atoms with Gasteiger partial charge in [0.25, 0.3) is 5.56 Å². The van der Waals surface area contributed by atoms with Crippen molar-refractivity contribution in [3.8, 4) is 22.3 Å². The molecule has 0 saturated carbocycles. The molecule has 0 aliphatic heterocycles. The first-order valence-corrected chi connectivity index (χ1v) is 8.06. The van der Waals surface area contributed by atoms with Crippen LogP contribution < -0.4 is 5.56 Å². The second kappa shape index (κ2) is 4.90. The summed E-state index contributed by atoms with van der Waals surface area (Å²) in [5.41, 5.74) is -0.286. The maximum absolute atomic E-state index is 11.7. The molecule has 3 rings (SSSR count). The number of hydrogen-bond donors (Lipinski definition) is 2. The Morgan fingerprint density at radius 2 is 2.15 bits per heavy atom. The molecule has 0 aliphatic rings. The van der Waals surface area contributed by atoms with Gasteiger partial charge in [-0.1, -0.05) is 11.6 Å². The Kier molecular flexibility index (Phi) is 3.34. The van der Waals surface area contributed by atoms with E-state index in [4.69, 9.17) is 16.9 Å². The van der Waals surface area contributed by atoms with E-state index in [-0.39, 0.29) is 11.3 Å². The van der Waals surface area contributed by atoms with E-state index in [9.17, 15) is 9.90 Å². The number of nitrogens with zero attached hydrogens (tertiary/aromatic N) is 1. The number of aromatic nitrogens is 1. The number of aromatic amines is 1. The molecule has 0 spiro atoms. The molecule has 8 heteroatoms. The summed E-state index contributed by atoms with van der Waals surface area (Å²) >= 11 is 12.2. The molecule has 4 nitrogen and oxygen atoms in total. The van der Waals surface area contributed by atoms with E-state index in [1.54, 1.807) is 6.07 Å². The van der Waals surface area contributed by atoms with E-state index in [0.29, 0.717) is 20.1 Å². The van der Waals surface area contributed by atoms with Crippen LogP contribution in [0.4, 0.5) is 0 Å². The summed E-state index contributed by atoms with van der Waals surface area (Å²) in [6.45, 7) is 0. The van der Waals surface area contributed by atoms with Crippen molar-refractivity contribution in [2.24, 2.45) is 0 Å². The van der Waals surface area contributed by atoms with E-state index in [1.165, 1.54) is 11.3 Å². The second-order valence-corrected chi connectivity index (χ2v) is 7.93. The van der Waals surface area contributed by atoms with Crippen molar-refractivity contribution < 1.29 is 5.11 Å². The number of nitrogens with one attached hydrogen (secondary N) is 1. The zero-order valence-corrected chi connectivity index (χ0v) is 13.5. The molecular weight excluding hydrogens is 384 g/mol. The predicted octanol–water partition coefficient (Wildman–Crippen LogP) is 4.31. The van der Waals surface area contributed by atoms with Crippen molar-refractivity contribution in [1.82, 2.24) is 4.98 Å². The number of nitriles is 1. The summed E-state index contributed by atoms with van der Waals surface area (Å²) in [4.78, 5) is 15.5. The van der Waals surface area contributed by atoms with Crippen LogP contribution in [0.1, 0.15) is 5.56 Å². The summed E-state index contributed by atoms with van der Waals surface area (Å²) in [7, 11) is 0. The minimum Gasteiger partial charge on any atom is -0.506 e. The largest absolute Gasteiger partial charge is 0.506 e. The highest BCUT2D eigenvalue weighted by Gasteiger charge is 2.21. The van der Waals surface area contributed by atoms with E-state index in [1.807, 2.05) is 12.1 Å². The number of rotatable bonds is 1. The van der Waals surface area contributed by atoms with E-state index in [0.717, 1.165) is 20.0 Å². The first-order chi connectivity index (χ1) is 9.52. The number of aromatic hydroxyl groups is 1. The van der Waals surface area contributed by atoms with Crippen LogP contribution in [0.15, 0.2) is 20.7 Å². The van der Waals surface area contributed by atoms with Crippen molar-refractivity contribution in [3.63, 3.8) is 0 Å². The van der Waals surface area contributed by atoms with Gasteiger partial charge >= 0.3 is 0 Å². The van der Waals surface area contributed by atoms with Gasteiger partial charge in [0.15, 0.2) is 5.56 Å². The summed E-state index contributed by atoms with van der Waals surface area (Å²) in [6.07, 6.45) is 0. The number of thiophene rings is 2. The third-order valence-electron chi connectivity index (χ3n) is 2.72. The molecule has 0 atom stereocenters. The monoisotopic (exact) mass is 386 g/mol. The molecule has 3 aromatic heterocycles. The van der Waals surface area contributed by atoms with Gasteiger partial charge < -0.3 is 10.1 Å². The van der Waals surface area contributed by atoms with Gasteiger partial charge in [-0.05, 0) is 28.1 Å². The van der Waals surface area contributed by atoms with Gasteiger partial charge in [-0.2, -0.15) is 5.26 Å². The van der Waals surface area contributed by atoms with Crippen molar-refractivity contribution in [3.05, 3.63) is 36.2 Å². The lowest BCUT2D eigenvalue weighted by Crippen LogP contribution is -2.09. The molecule has 3 aromatic rings. The van der Waals surface area contributed by atoms with Gasteiger partial charge in [0.2, 0.25) is 0 Å². The summed E-state index contributed by atoms with van der Waals surface area (Å²) < 4.78 is 1.38. The Morgan fingerprint density at radius 1 is 1.40 bits per heavy atom. The smallest absolute Gasteiger partial charge is 0.270 e. The fraction of sp³-hybridized carbons (Fsp3) is 0. The minimum absolute atomic E-state index is 0.302. The molecule has 0 aliphatic carbocycles. The molecule has 0 radical (unpaired) electrons. The molecule has 0 unspecified atom stereocenters. The fourth-order valence-electron chi connectivity index (χ4n) is 1.89. The van der Waals surface area contributed by atoms with E-state index in [2.05, 4.69) is 20.9 Å². The highest BCUT2D eigenvalue weighted by atomic mass is 79.9. The highest BCUT2D eigenvalue weighted by Crippen LogP contribution is 2.47. The van der Waals surface area contributed by atoms with Crippen LogP contribution >= 0.6 is 50.2 Å². The Balaban J connectivity index is 2.47. The maximum atomic E-state index is 11.7. The quantitative estimate of drug-likeness (QED) is 0.653. The number of fused-ring (bicyclic) bond motifs is 1. The SMILES string of the molecule is N#Cc1c(O)c2c(-c3ccc(Br)s3)c(Cl)sc2[nH]c1=O. The Bertz CT molecular complexity index is 935. The first kappa shape index (κ1) is 13.6. The number of H-pyrrole nitrogens is 1. The lowest BCUT2D eigenvalue weighted by atomic mass is 10.1. The molecule has 2 N–H and O–H groups in total. The number of halogens is 2. The Hall–Kier alpha value is -1.33. The van der Waals surface area contributed by atoms with Gasteiger partial charge in [0.05, 0.1) is 9.17 Å². The maximum Gasteiger partial charge on any atom is 0.270 e. The molecular formula is C12H4BrClN2O2S2. The predicted molar refractivity (Wildman–Crippen MR) is 84.8 cm³/mol. The van der Waals surface area contributed by atoms with Crippen LogP contribution in [0.3, 0.4) is 0 Å². The Labute approximate surface area is 134 Å². The van der Waals surface area contributed by atoms with Crippen LogP contribution in [-0.2, 0) is 0 Å². The van der Waals surface area contributed by atoms with Gasteiger partial charge in [0.1, 0.15) is 21.0 Å². The van der Waals surface area contributed by atoms with Crippen molar-refractivity contribution in [2.45, 2.75) is 0 Å². The van der Waals surface area contributed by atoms with Gasteiger partial charge in [-0.25, -0.2) is 0 Å². The lowest BCUT2D eigenvalue weighted by Gasteiger charge is -2.01. The minimum atomic E-state index is -0.616. The molecule has 0 bridgehead atoms. The van der Waals surface area contributed by atoms with Gasteiger partial charge in [-0.15, -0.1) is 22.7 Å². The summed E-state index contributed by atoms with van der Waals surface area (Å²) in [5.74, 6) is -0.325. The van der Waals surface area contributed by atoms with Crippen LogP contribution in [0.5, 0.6) is 5.75 Å². The third kappa shape index (κ3) is 1.96. The zero-order valence-electron chi connectivity index (χ0n) is 9.53. The topological polar surface area (TPSA) is 76.9 Å². The lowest BCUT2D eigenvalue weighted by molar-refractivity contribution is 0.479. The number of pyridine rings is 1. The van der Waals surface area contributed by atoms with E-state index < -0.39 is 5.56 Å². The van der Waals surface area contributed by atoms with Crippen molar-refractivity contribution >= 4 is 60.4 Å². The molecule has 0 aromatic carbocycles. The van der Waals surface area contributed by atoms with Gasteiger partial charge in [-0.3, -0.25) is 4.79 Å². The summed E-state index contributed by atoms with van der Waals surface area (Å²) in [6, 6.07) is 5.44. The average molecular weight is 388 g/mol. The average Bonchev–Trinajstić information content (AvgIpc) is 2.93. The first-order valence-electron chi connectivity index (χ1n) is 5.26. The molecule has 0 amide bonds. The van der Waals surface area contributed by atoms with Crippen LogP contribution in [0, 0.1) is 11.3 Å². The summed E-state index contributed by atoms with van der Waals surface area (Å²) in [5, 5.41) is 19.6. The highest BCUT2D eigenvalue weighted by molar-refractivity contribution is 9.11. The van der Waals surface area contributed by atoms with Crippen molar-refractivity contribution in [1.29, 1.82) is 5.26 Å². The van der Waals surface area contributed by atoms with Gasteiger partial charge in [0, 0.05) is 10.4 Å². The fourth-order valence-corrected chi connectivity index (χ4v) is 4.82. The molecule has 3 heterocycles. The number of hydrogen-bond acceptors (Lipinski definition) is 5. The second-order valence-electron chi connectivity index (χ2n) is 3.85. The van der Waals surface area contributed by atoms with Crippen LogP contribution in [0.25, 0.3) is 20.7 Å². The molecule has 0 fully saturated rings. The van der Waals surface area contributed by atoms with Crippen LogP contribution in [0.2, 0.25) is 4.34 Å². The zero-order chi connectivity index (χ0) is 14.4. The molecule has 0 saturated heterocycles. The normalized spacial score (nSPS) is 10.8. The third-order valence-corrected chi connectivity index (χ3v) is 5.68.